The van der Waals surface area contributed by atoms with E-state index in [0.717, 1.165) is 5.56 Å². The fraction of sp³-hybridized carbons (Fsp3) is 0.429. The van der Waals surface area contributed by atoms with Gasteiger partial charge in [0, 0.05) is 12.1 Å². The standard InChI is InChI=1S/C14H21N3O2/c1-9(2)13(14(16)19)17-12(18)8-5-10-3-6-11(15)7-4-10/h3-4,6-7,9,13H,5,8,15H2,1-2H3,(H2,16,19)(H,17,18). The first-order chi connectivity index (χ1) is 8.90. The summed E-state index contributed by atoms with van der Waals surface area (Å²) in [4.78, 5) is 22.9. The summed E-state index contributed by atoms with van der Waals surface area (Å²) in [5.41, 5.74) is 12.6. The SMILES string of the molecule is CC(C)C(NC(=O)CCc1ccc(N)cc1)C(N)=O. The second-order valence-electron chi connectivity index (χ2n) is 4.93. The minimum absolute atomic E-state index is 0.0158. The summed E-state index contributed by atoms with van der Waals surface area (Å²) in [7, 11) is 0. The molecule has 1 rings (SSSR count). The fourth-order valence-corrected chi connectivity index (χ4v) is 1.75. The molecule has 0 heterocycles. The Labute approximate surface area is 113 Å². The largest absolute Gasteiger partial charge is 0.399 e. The van der Waals surface area contributed by atoms with Crippen LogP contribution >= 0.6 is 0 Å². The second-order valence-corrected chi connectivity index (χ2v) is 4.93. The highest BCUT2D eigenvalue weighted by molar-refractivity contribution is 5.86. The van der Waals surface area contributed by atoms with Gasteiger partial charge in [0.05, 0.1) is 0 Å². The number of nitrogen functional groups attached to an aromatic ring is 1. The van der Waals surface area contributed by atoms with Crippen LogP contribution in [0.5, 0.6) is 0 Å². The van der Waals surface area contributed by atoms with Gasteiger partial charge in [-0.05, 0) is 30.0 Å². The van der Waals surface area contributed by atoms with Gasteiger partial charge < -0.3 is 16.8 Å². The molecule has 2 amide bonds. The predicted octanol–water partition coefficient (Wildman–Crippen LogP) is 0.828. The molecule has 0 radical (unpaired) electrons. The first kappa shape index (κ1) is 15.0. The Morgan fingerprint density at radius 1 is 1.21 bits per heavy atom. The van der Waals surface area contributed by atoms with Crippen LogP contribution in [-0.4, -0.2) is 17.9 Å². The quantitative estimate of drug-likeness (QED) is 0.663. The number of nitrogens with two attached hydrogens (primary N) is 2. The van der Waals surface area contributed by atoms with Crippen molar-refractivity contribution in [2.24, 2.45) is 11.7 Å². The van der Waals surface area contributed by atoms with E-state index in [9.17, 15) is 9.59 Å². The van der Waals surface area contributed by atoms with Gasteiger partial charge in [-0.15, -0.1) is 0 Å². The molecule has 0 bridgehead atoms. The smallest absolute Gasteiger partial charge is 0.240 e. The third kappa shape index (κ3) is 4.99. The number of rotatable bonds is 6. The molecule has 5 N–H and O–H groups in total. The Kier molecular flexibility index (Phi) is 5.36. The number of benzene rings is 1. The maximum Gasteiger partial charge on any atom is 0.240 e. The number of primary amides is 1. The molecule has 19 heavy (non-hydrogen) atoms. The number of hydrogen-bond donors (Lipinski definition) is 3. The van der Waals surface area contributed by atoms with Gasteiger partial charge in [0.2, 0.25) is 11.8 Å². The van der Waals surface area contributed by atoms with Crippen LogP contribution in [0.4, 0.5) is 5.69 Å². The third-order valence-electron chi connectivity index (χ3n) is 2.91. The molecule has 104 valence electrons. The number of carbonyl (C=O) groups is 2. The third-order valence-corrected chi connectivity index (χ3v) is 2.91. The average Bonchev–Trinajstić information content (AvgIpc) is 2.34. The van der Waals surface area contributed by atoms with E-state index in [0.29, 0.717) is 18.5 Å². The molecule has 0 saturated carbocycles. The first-order valence-electron chi connectivity index (χ1n) is 6.33. The molecular weight excluding hydrogens is 242 g/mol. The van der Waals surface area contributed by atoms with Gasteiger partial charge in [0.1, 0.15) is 6.04 Å². The minimum atomic E-state index is -0.612. The lowest BCUT2D eigenvalue weighted by atomic mass is 10.0. The van der Waals surface area contributed by atoms with Crippen LogP contribution in [0.1, 0.15) is 25.8 Å². The van der Waals surface area contributed by atoms with Gasteiger partial charge in [-0.1, -0.05) is 26.0 Å². The van der Waals surface area contributed by atoms with Crippen molar-refractivity contribution in [1.82, 2.24) is 5.32 Å². The van der Waals surface area contributed by atoms with Crippen molar-refractivity contribution in [1.29, 1.82) is 0 Å². The summed E-state index contributed by atoms with van der Waals surface area (Å²) in [5.74, 6) is -0.692. The number of anilines is 1. The van der Waals surface area contributed by atoms with E-state index < -0.39 is 11.9 Å². The Morgan fingerprint density at radius 3 is 2.26 bits per heavy atom. The lowest BCUT2D eigenvalue weighted by Gasteiger charge is -2.18. The summed E-state index contributed by atoms with van der Waals surface area (Å²) in [5, 5.41) is 2.66. The van der Waals surface area contributed by atoms with Crippen LogP contribution < -0.4 is 16.8 Å². The van der Waals surface area contributed by atoms with Crippen LogP contribution in [0.15, 0.2) is 24.3 Å². The highest BCUT2D eigenvalue weighted by Gasteiger charge is 2.21. The summed E-state index contributed by atoms with van der Waals surface area (Å²) in [6, 6.07) is 6.76. The van der Waals surface area contributed by atoms with Crippen LogP contribution in [0.25, 0.3) is 0 Å². The van der Waals surface area contributed by atoms with Gasteiger partial charge in [0.25, 0.3) is 0 Å². The van der Waals surface area contributed by atoms with Crippen LogP contribution in [0, 0.1) is 5.92 Å². The molecule has 0 aliphatic rings. The Bertz CT molecular complexity index is 441. The maximum absolute atomic E-state index is 11.8. The maximum atomic E-state index is 11.8. The number of amides is 2. The molecule has 5 heteroatoms. The minimum Gasteiger partial charge on any atom is -0.399 e. The van der Waals surface area contributed by atoms with Crippen LogP contribution in [0.3, 0.4) is 0 Å². The van der Waals surface area contributed by atoms with E-state index in [4.69, 9.17) is 11.5 Å². The number of carbonyl (C=O) groups excluding carboxylic acids is 2. The molecule has 0 saturated heterocycles. The molecule has 5 nitrogen and oxygen atoms in total. The number of nitrogens with one attached hydrogen (secondary N) is 1. The zero-order chi connectivity index (χ0) is 14.4. The monoisotopic (exact) mass is 263 g/mol. The summed E-state index contributed by atoms with van der Waals surface area (Å²) >= 11 is 0. The van der Waals surface area contributed by atoms with Gasteiger partial charge in [0.15, 0.2) is 0 Å². The molecule has 0 aromatic heterocycles. The van der Waals surface area contributed by atoms with Crippen molar-refractivity contribution >= 4 is 17.5 Å². The number of hydrogen-bond acceptors (Lipinski definition) is 3. The summed E-state index contributed by atoms with van der Waals surface area (Å²) < 4.78 is 0. The first-order valence-corrected chi connectivity index (χ1v) is 6.33. The Hall–Kier alpha value is -2.04. The molecule has 0 aliphatic carbocycles. The molecule has 0 fully saturated rings. The van der Waals surface area contributed by atoms with Gasteiger partial charge in [-0.25, -0.2) is 0 Å². The molecule has 0 aliphatic heterocycles. The zero-order valence-corrected chi connectivity index (χ0v) is 11.3. The lowest BCUT2D eigenvalue weighted by molar-refractivity contribution is -0.128. The van der Waals surface area contributed by atoms with Gasteiger partial charge in [-0.2, -0.15) is 0 Å². The topological polar surface area (TPSA) is 98.2 Å². The molecule has 0 spiro atoms. The molecular formula is C14H21N3O2. The number of aryl methyl sites for hydroxylation is 1. The fourth-order valence-electron chi connectivity index (χ4n) is 1.75. The van der Waals surface area contributed by atoms with E-state index in [2.05, 4.69) is 5.32 Å². The molecule has 1 atom stereocenters. The zero-order valence-electron chi connectivity index (χ0n) is 11.3. The van der Waals surface area contributed by atoms with E-state index in [1.54, 1.807) is 12.1 Å². The van der Waals surface area contributed by atoms with Crippen molar-refractivity contribution in [2.45, 2.75) is 32.7 Å². The van der Waals surface area contributed by atoms with Gasteiger partial charge in [-0.3, -0.25) is 9.59 Å². The van der Waals surface area contributed by atoms with E-state index in [1.807, 2.05) is 26.0 Å². The van der Waals surface area contributed by atoms with Gasteiger partial charge >= 0.3 is 0 Å². The Balaban J connectivity index is 2.47. The summed E-state index contributed by atoms with van der Waals surface area (Å²) in [6.07, 6.45) is 0.927. The molecule has 1 aromatic rings. The van der Waals surface area contributed by atoms with Crippen LogP contribution in [-0.2, 0) is 16.0 Å². The molecule has 1 aromatic carbocycles. The Morgan fingerprint density at radius 2 is 1.79 bits per heavy atom. The van der Waals surface area contributed by atoms with E-state index >= 15 is 0 Å². The summed E-state index contributed by atoms with van der Waals surface area (Å²) in [6.45, 7) is 3.69. The predicted molar refractivity (Wildman–Crippen MR) is 75.1 cm³/mol. The lowest BCUT2D eigenvalue weighted by Crippen LogP contribution is -2.47. The van der Waals surface area contributed by atoms with E-state index in [-0.39, 0.29) is 11.8 Å². The van der Waals surface area contributed by atoms with Crippen LogP contribution in [0.2, 0.25) is 0 Å². The normalized spacial score (nSPS) is 12.2. The second kappa shape index (κ2) is 6.78. The van der Waals surface area contributed by atoms with Crippen molar-refractivity contribution in [3.05, 3.63) is 29.8 Å². The van der Waals surface area contributed by atoms with E-state index in [1.165, 1.54) is 0 Å². The molecule has 1 unspecified atom stereocenters. The van der Waals surface area contributed by atoms with Crippen molar-refractivity contribution < 1.29 is 9.59 Å². The van der Waals surface area contributed by atoms with Crippen molar-refractivity contribution in [2.75, 3.05) is 5.73 Å². The highest BCUT2D eigenvalue weighted by Crippen LogP contribution is 2.08. The van der Waals surface area contributed by atoms with Crippen molar-refractivity contribution in [3.63, 3.8) is 0 Å². The average molecular weight is 263 g/mol. The highest BCUT2D eigenvalue weighted by atomic mass is 16.2. The van der Waals surface area contributed by atoms with Crippen molar-refractivity contribution in [3.8, 4) is 0 Å².